The first-order chi connectivity index (χ1) is 9.79. The van der Waals surface area contributed by atoms with Crippen LogP contribution in [0.15, 0.2) is 54.9 Å². The maximum absolute atomic E-state index is 10.5. The summed E-state index contributed by atoms with van der Waals surface area (Å²) < 4.78 is 5.19. The molecular formula is C16H14N2O2. The van der Waals surface area contributed by atoms with Crippen molar-refractivity contribution in [2.24, 2.45) is 0 Å². The van der Waals surface area contributed by atoms with Gasteiger partial charge in [-0.15, -0.1) is 0 Å². The van der Waals surface area contributed by atoms with Gasteiger partial charge in [-0.05, 0) is 35.9 Å². The zero-order valence-corrected chi connectivity index (χ0v) is 11.0. The van der Waals surface area contributed by atoms with E-state index in [1.165, 1.54) is 0 Å². The Labute approximate surface area is 116 Å². The molecule has 4 nitrogen and oxygen atoms in total. The second-order valence-corrected chi connectivity index (χ2v) is 4.46. The minimum Gasteiger partial charge on any atom is -0.481 e. The van der Waals surface area contributed by atoms with Gasteiger partial charge in [-0.25, -0.2) is 4.98 Å². The maximum Gasteiger partial charge on any atom is 0.219 e. The Hall–Kier alpha value is -2.46. The zero-order valence-electron chi connectivity index (χ0n) is 11.0. The molecular weight excluding hydrogens is 252 g/mol. The van der Waals surface area contributed by atoms with Gasteiger partial charge in [-0.1, -0.05) is 12.1 Å². The number of hydrogen-bond acceptors (Lipinski definition) is 4. The van der Waals surface area contributed by atoms with Crippen LogP contribution in [0.2, 0.25) is 0 Å². The number of pyridine rings is 2. The van der Waals surface area contributed by atoms with E-state index < -0.39 is 6.10 Å². The van der Waals surface area contributed by atoms with Crippen LogP contribution in [0.1, 0.15) is 17.2 Å². The molecule has 3 rings (SSSR count). The molecule has 1 N–H and O–H groups in total. The third-order valence-corrected chi connectivity index (χ3v) is 3.23. The molecule has 2 aromatic heterocycles. The summed E-state index contributed by atoms with van der Waals surface area (Å²) in [5.74, 6) is 0.436. The first kappa shape index (κ1) is 12.6. The van der Waals surface area contributed by atoms with E-state index in [0.717, 1.165) is 16.5 Å². The number of nitrogens with zero attached hydrogens (tertiary/aromatic N) is 2. The van der Waals surface area contributed by atoms with Gasteiger partial charge in [0.1, 0.15) is 6.10 Å². The molecule has 0 aliphatic carbocycles. The van der Waals surface area contributed by atoms with Crippen LogP contribution < -0.4 is 4.74 Å². The molecule has 0 aliphatic heterocycles. The van der Waals surface area contributed by atoms with Gasteiger partial charge in [0.15, 0.2) is 0 Å². The summed E-state index contributed by atoms with van der Waals surface area (Å²) in [6, 6.07) is 13.1. The number of ether oxygens (including phenoxy) is 1. The normalized spacial score (nSPS) is 12.3. The summed E-state index contributed by atoms with van der Waals surface area (Å²) in [4.78, 5) is 8.38. The molecule has 3 aromatic rings. The van der Waals surface area contributed by atoms with Crippen LogP contribution in [0.3, 0.4) is 0 Å². The third-order valence-electron chi connectivity index (χ3n) is 3.23. The van der Waals surface area contributed by atoms with Crippen molar-refractivity contribution in [2.75, 3.05) is 7.11 Å². The van der Waals surface area contributed by atoms with Crippen molar-refractivity contribution in [2.45, 2.75) is 6.10 Å². The SMILES string of the molecule is COc1ncccc1C(O)c1ccc2ncccc2c1. The monoisotopic (exact) mass is 266 g/mol. The van der Waals surface area contributed by atoms with E-state index in [4.69, 9.17) is 4.74 Å². The Kier molecular flexibility index (Phi) is 3.31. The molecule has 100 valence electrons. The second-order valence-electron chi connectivity index (χ2n) is 4.46. The highest BCUT2D eigenvalue weighted by Crippen LogP contribution is 2.29. The van der Waals surface area contributed by atoms with Gasteiger partial charge in [0, 0.05) is 23.3 Å². The summed E-state index contributed by atoms with van der Waals surface area (Å²) in [5.41, 5.74) is 2.34. The lowest BCUT2D eigenvalue weighted by Crippen LogP contribution is -2.03. The highest BCUT2D eigenvalue weighted by Gasteiger charge is 2.16. The maximum atomic E-state index is 10.5. The second kappa shape index (κ2) is 5.27. The van der Waals surface area contributed by atoms with Gasteiger partial charge in [-0.3, -0.25) is 4.98 Å². The molecule has 1 aromatic carbocycles. The van der Waals surface area contributed by atoms with Crippen molar-refractivity contribution in [1.82, 2.24) is 9.97 Å². The van der Waals surface area contributed by atoms with Gasteiger partial charge < -0.3 is 9.84 Å². The lowest BCUT2D eigenvalue weighted by Gasteiger charge is -2.14. The first-order valence-corrected chi connectivity index (χ1v) is 6.31. The van der Waals surface area contributed by atoms with Crippen molar-refractivity contribution in [3.8, 4) is 5.88 Å². The number of benzene rings is 1. The lowest BCUT2D eigenvalue weighted by molar-refractivity contribution is 0.213. The average Bonchev–Trinajstić information content (AvgIpc) is 2.53. The number of rotatable bonds is 3. The molecule has 0 saturated carbocycles. The standard InChI is InChI=1S/C16H14N2O2/c1-20-16-13(5-3-9-18-16)15(19)12-6-7-14-11(10-12)4-2-8-17-14/h2-10,15,19H,1H3. The van der Waals surface area contributed by atoms with Gasteiger partial charge in [-0.2, -0.15) is 0 Å². The summed E-state index contributed by atoms with van der Waals surface area (Å²) in [6.07, 6.45) is 2.62. The summed E-state index contributed by atoms with van der Waals surface area (Å²) >= 11 is 0. The minimum absolute atomic E-state index is 0.436. The van der Waals surface area contributed by atoms with Gasteiger partial charge in [0.2, 0.25) is 5.88 Å². The highest BCUT2D eigenvalue weighted by atomic mass is 16.5. The van der Waals surface area contributed by atoms with E-state index in [0.29, 0.717) is 11.4 Å². The summed E-state index contributed by atoms with van der Waals surface area (Å²) in [5, 5.41) is 11.5. The molecule has 1 atom stereocenters. The molecule has 0 saturated heterocycles. The molecule has 1 unspecified atom stereocenters. The number of hydrogen-bond donors (Lipinski definition) is 1. The first-order valence-electron chi connectivity index (χ1n) is 6.31. The van der Waals surface area contributed by atoms with Crippen LogP contribution in [-0.4, -0.2) is 22.2 Å². The Morgan fingerprint density at radius 2 is 1.85 bits per heavy atom. The fourth-order valence-corrected chi connectivity index (χ4v) is 2.23. The van der Waals surface area contributed by atoms with E-state index in [-0.39, 0.29) is 0 Å². The summed E-state index contributed by atoms with van der Waals surface area (Å²) in [6.45, 7) is 0. The fourth-order valence-electron chi connectivity index (χ4n) is 2.23. The largest absolute Gasteiger partial charge is 0.481 e. The fraction of sp³-hybridized carbons (Fsp3) is 0.125. The van der Waals surface area contributed by atoms with E-state index in [1.54, 1.807) is 25.6 Å². The number of fused-ring (bicyclic) bond motifs is 1. The quantitative estimate of drug-likeness (QED) is 0.792. The van der Waals surface area contributed by atoms with Crippen LogP contribution in [-0.2, 0) is 0 Å². The van der Waals surface area contributed by atoms with E-state index in [9.17, 15) is 5.11 Å². The Balaban J connectivity index is 2.05. The lowest BCUT2D eigenvalue weighted by atomic mass is 10.0. The number of methoxy groups -OCH3 is 1. The Morgan fingerprint density at radius 1 is 1.05 bits per heavy atom. The number of aliphatic hydroxyl groups is 1. The van der Waals surface area contributed by atoms with Crippen molar-refractivity contribution in [1.29, 1.82) is 0 Å². The van der Waals surface area contributed by atoms with Crippen molar-refractivity contribution in [3.05, 3.63) is 66.0 Å². The highest BCUT2D eigenvalue weighted by molar-refractivity contribution is 5.79. The van der Waals surface area contributed by atoms with E-state index in [1.807, 2.05) is 36.4 Å². The average molecular weight is 266 g/mol. The van der Waals surface area contributed by atoms with Crippen LogP contribution >= 0.6 is 0 Å². The van der Waals surface area contributed by atoms with Gasteiger partial charge in [0.25, 0.3) is 0 Å². The van der Waals surface area contributed by atoms with Crippen molar-refractivity contribution >= 4 is 10.9 Å². The smallest absolute Gasteiger partial charge is 0.219 e. The van der Waals surface area contributed by atoms with Crippen LogP contribution in [0.4, 0.5) is 0 Å². The molecule has 0 fully saturated rings. The minimum atomic E-state index is -0.775. The summed E-state index contributed by atoms with van der Waals surface area (Å²) in [7, 11) is 1.54. The molecule has 4 heteroatoms. The number of aromatic nitrogens is 2. The van der Waals surface area contributed by atoms with Crippen molar-refractivity contribution in [3.63, 3.8) is 0 Å². The van der Waals surface area contributed by atoms with E-state index >= 15 is 0 Å². The third kappa shape index (κ3) is 2.21. The molecule has 20 heavy (non-hydrogen) atoms. The van der Waals surface area contributed by atoms with Gasteiger partial charge >= 0.3 is 0 Å². The Morgan fingerprint density at radius 3 is 2.70 bits per heavy atom. The Bertz CT molecular complexity index is 743. The van der Waals surface area contributed by atoms with Crippen LogP contribution in [0.5, 0.6) is 5.88 Å². The molecule has 0 aliphatic rings. The van der Waals surface area contributed by atoms with Crippen molar-refractivity contribution < 1.29 is 9.84 Å². The van der Waals surface area contributed by atoms with E-state index in [2.05, 4.69) is 9.97 Å². The zero-order chi connectivity index (χ0) is 13.9. The predicted molar refractivity (Wildman–Crippen MR) is 76.6 cm³/mol. The topological polar surface area (TPSA) is 55.2 Å². The molecule has 0 bridgehead atoms. The molecule has 2 heterocycles. The van der Waals surface area contributed by atoms with Gasteiger partial charge in [0.05, 0.1) is 12.6 Å². The predicted octanol–water partition coefficient (Wildman–Crippen LogP) is 2.72. The molecule has 0 amide bonds. The molecule has 0 radical (unpaired) electrons. The number of aliphatic hydroxyl groups excluding tert-OH is 1. The van der Waals surface area contributed by atoms with Crippen LogP contribution in [0, 0.1) is 0 Å². The molecule has 0 spiro atoms. The van der Waals surface area contributed by atoms with Crippen LogP contribution in [0.25, 0.3) is 10.9 Å².